The number of rotatable bonds is 7. The van der Waals surface area contributed by atoms with Crippen LogP contribution in [0.15, 0.2) is 54.6 Å². The average molecular weight is 340 g/mol. The molecule has 124 valence electrons. The van der Waals surface area contributed by atoms with Gasteiger partial charge in [-0.15, -0.1) is 0 Å². The zero-order valence-corrected chi connectivity index (χ0v) is 13.9. The van der Waals surface area contributed by atoms with E-state index in [4.69, 9.17) is 9.05 Å². The van der Waals surface area contributed by atoms with Gasteiger partial charge in [0.15, 0.2) is 0 Å². The van der Waals surface area contributed by atoms with Crippen molar-refractivity contribution >= 4 is 7.60 Å². The maximum atomic E-state index is 15.0. The molecule has 0 atom stereocenters. The molecule has 0 amide bonds. The highest BCUT2D eigenvalue weighted by molar-refractivity contribution is 7.54. The molecule has 0 saturated carbocycles. The SMILES string of the molecule is CCOP(=O)(OCC)C(F)(F)c1ccccc1-c1ccccc1. The molecule has 0 aromatic heterocycles. The Bertz CT molecular complexity index is 679. The van der Waals surface area contributed by atoms with Crippen LogP contribution in [0.25, 0.3) is 11.1 Å². The highest BCUT2D eigenvalue weighted by Gasteiger charge is 2.55. The lowest BCUT2D eigenvalue weighted by Gasteiger charge is -2.27. The van der Waals surface area contributed by atoms with E-state index in [-0.39, 0.29) is 18.8 Å². The number of hydrogen-bond donors (Lipinski definition) is 0. The van der Waals surface area contributed by atoms with Gasteiger partial charge in [0.25, 0.3) is 0 Å². The van der Waals surface area contributed by atoms with E-state index in [1.807, 2.05) is 0 Å². The molecule has 2 aromatic carbocycles. The van der Waals surface area contributed by atoms with Crippen LogP contribution in [0, 0.1) is 0 Å². The van der Waals surface area contributed by atoms with Crippen LogP contribution < -0.4 is 0 Å². The molecule has 0 N–H and O–H groups in total. The van der Waals surface area contributed by atoms with Crippen LogP contribution in [0.1, 0.15) is 19.4 Å². The van der Waals surface area contributed by atoms with Crippen molar-refractivity contribution in [1.29, 1.82) is 0 Å². The Labute approximate surface area is 134 Å². The standard InChI is InChI=1S/C17H19F2O3P/c1-3-21-23(20,22-4-2)17(18,19)16-13-9-8-12-15(16)14-10-6-5-7-11-14/h5-13H,3-4H2,1-2H3. The van der Waals surface area contributed by atoms with E-state index < -0.39 is 13.3 Å². The molecule has 0 aliphatic heterocycles. The van der Waals surface area contributed by atoms with Gasteiger partial charge in [-0.3, -0.25) is 4.57 Å². The number of hydrogen-bond acceptors (Lipinski definition) is 3. The van der Waals surface area contributed by atoms with Gasteiger partial charge in [0.05, 0.1) is 13.2 Å². The molecule has 0 aliphatic rings. The lowest BCUT2D eigenvalue weighted by Crippen LogP contribution is -2.19. The molecule has 23 heavy (non-hydrogen) atoms. The maximum absolute atomic E-state index is 15.0. The summed E-state index contributed by atoms with van der Waals surface area (Å²) < 4.78 is 52.4. The van der Waals surface area contributed by atoms with Crippen molar-refractivity contribution in [1.82, 2.24) is 0 Å². The lowest BCUT2D eigenvalue weighted by molar-refractivity contribution is 0.0365. The van der Waals surface area contributed by atoms with Crippen LogP contribution in [0.5, 0.6) is 0 Å². The molecule has 0 heterocycles. The van der Waals surface area contributed by atoms with E-state index in [2.05, 4.69) is 0 Å². The first-order valence-electron chi connectivity index (χ1n) is 7.38. The predicted molar refractivity (Wildman–Crippen MR) is 86.6 cm³/mol. The van der Waals surface area contributed by atoms with Gasteiger partial charge in [0.2, 0.25) is 0 Å². The van der Waals surface area contributed by atoms with Gasteiger partial charge in [-0.1, -0.05) is 54.6 Å². The molecule has 0 radical (unpaired) electrons. The molecular weight excluding hydrogens is 321 g/mol. The molecule has 6 heteroatoms. The average Bonchev–Trinajstić information content (AvgIpc) is 2.56. The molecule has 2 aromatic rings. The van der Waals surface area contributed by atoms with Crippen molar-refractivity contribution in [2.24, 2.45) is 0 Å². The minimum Gasteiger partial charge on any atom is -0.304 e. The molecule has 0 fully saturated rings. The van der Waals surface area contributed by atoms with Gasteiger partial charge >= 0.3 is 13.3 Å². The Hall–Kier alpha value is -1.55. The number of halogens is 2. The van der Waals surface area contributed by atoms with E-state index in [0.29, 0.717) is 11.1 Å². The topological polar surface area (TPSA) is 35.5 Å². The zero-order valence-electron chi connectivity index (χ0n) is 13.0. The molecule has 3 nitrogen and oxygen atoms in total. The van der Waals surface area contributed by atoms with E-state index >= 15 is 8.78 Å². The Morgan fingerprint density at radius 1 is 0.913 bits per heavy atom. The van der Waals surface area contributed by atoms with E-state index in [1.54, 1.807) is 42.5 Å². The van der Waals surface area contributed by atoms with Gasteiger partial charge in [-0.05, 0) is 25.0 Å². The summed E-state index contributed by atoms with van der Waals surface area (Å²) in [6.45, 7) is 2.76. The number of benzene rings is 2. The summed E-state index contributed by atoms with van der Waals surface area (Å²) in [7, 11) is -4.62. The first-order valence-corrected chi connectivity index (χ1v) is 8.92. The van der Waals surface area contributed by atoms with Crippen LogP contribution in [0.3, 0.4) is 0 Å². The van der Waals surface area contributed by atoms with Crippen LogP contribution in [-0.2, 0) is 19.3 Å². The lowest BCUT2D eigenvalue weighted by atomic mass is 10.00. The van der Waals surface area contributed by atoms with Crippen molar-refractivity contribution in [2.75, 3.05) is 13.2 Å². The van der Waals surface area contributed by atoms with Crippen LogP contribution in [-0.4, -0.2) is 13.2 Å². The molecule has 0 aliphatic carbocycles. The normalized spacial score (nSPS) is 12.3. The predicted octanol–water partition coefficient (Wildman–Crippen LogP) is 5.67. The van der Waals surface area contributed by atoms with Gasteiger partial charge in [0.1, 0.15) is 0 Å². The third kappa shape index (κ3) is 3.52. The molecular formula is C17H19F2O3P. The van der Waals surface area contributed by atoms with Gasteiger partial charge in [0, 0.05) is 5.56 Å². The van der Waals surface area contributed by atoms with Gasteiger partial charge < -0.3 is 9.05 Å². The first kappa shape index (κ1) is 17.8. The van der Waals surface area contributed by atoms with Crippen molar-refractivity contribution in [3.05, 3.63) is 60.2 Å². The van der Waals surface area contributed by atoms with Crippen molar-refractivity contribution in [3.8, 4) is 11.1 Å². The fourth-order valence-corrected chi connectivity index (χ4v) is 3.87. The molecule has 0 unspecified atom stereocenters. The largest absolute Gasteiger partial charge is 0.404 e. The summed E-state index contributed by atoms with van der Waals surface area (Å²) in [4.78, 5) is 0. The summed E-state index contributed by atoms with van der Waals surface area (Å²) >= 11 is 0. The Balaban J connectivity index is 2.58. The fraction of sp³-hybridized carbons (Fsp3) is 0.294. The third-order valence-corrected chi connectivity index (χ3v) is 5.40. The monoisotopic (exact) mass is 340 g/mol. The van der Waals surface area contributed by atoms with Crippen molar-refractivity contribution in [3.63, 3.8) is 0 Å². The molecule has 0 spiro atoms. The second-order valence-corrected chi connectivity index (χ2v) is 6.86. The summed E-state index contributed by atoms with van der Waals surface area (Å²) in [5.74, 6) is 0. The van der Waals surface area contributed by atoms with Crippen molar-refractivity contribution < 1.29 is 22.4 Å². The number of alkyl halides is 2. The minimum absolute atomic E-state index is 0.125. The van der Waals surface area contributed by atoms with Crippen LogP contribution in [0.4, 0.5) is 8.78 Å². The van der Waals surface area contributed by atoms with Crippen molar-refractivity contribution in [2.45, 2.75) is 19.5 Å². The van der Waals surface area contributed by atoms with Crippen LogP contribution >= 0.6 is 7.60 Å². The Morgan fingerprint density at radius 3 is 2.00 bits per heavy atom. The maximum Gasteiger partial charge on any atom is 0.404 e. The molecule has 2 rings (SSSR count). The highest BCUT2D eigenvalue weighted by atomic mass is 31.2. The summed E-state index contributed by atoms with van der Waals surface area (Å²) in [6, 6.07) is 14.7. The summed E-state index contributed by atoms with van der Waals surface area (Å²) in [5, 5.41) is 0. The second-order valence-electron chi connectivity index (χ2n) is 4.79. The van der Waals surface area contributed by atoms with Gasteiger partial charge in [-0.2, -0.15) is 8.78 Å². The minimum atomic E-state index is -4.62. The van der Waals surface area contributed by atoms with E-state index in [0.717, 1.165) is 0 Å². The molecule has 0 bridgehead atoms. The van der Waals surface area contributed by atoms with Gasteiger partial charge in [-0.25, -0.2) is 0 Å². The molecule has 0 saturated heterocycles. The summed E-state index contributed by atoms with van der Waals surface area (Å²) in [6.07, 6.45) is 0. The Kier molecular flexibility index (Phi) is 5.69. The van der Waals surface area contributed by atoms with E-state index in [1.165, 1.54) is 26.0 Å². The Morgan fingerprint density at radius 2 is 1.43 bits per heavy atom. The zero-order chi connectivity index (χ0) is 16.9. The fourth-order valence-electron chi connectivity index (χ4n) is 2.30. The third-order valence-electron chi connectivity index (χ3n) is 3.28. The first-order chi connectivity index (χ1) is 11.0. The van der Waals surface area contributed by atoms with E-state index in [9.17, 15) is 4.57 Å². The summed E-state index contributed by atoms with van der Waals surface area (Å²) in [5.41, 5.74) is -3.19. The van der Waals surface area contributed by atoms with Crippen LogP contribution in [0.2, 0.25) is 0 Å². The smallest absolute Gasteiger partial charge is 0.304 e. The highest BCUT2D eigenvalue weighted by Crippen LogP contribution is 2.67. The quantitative estimate of drug-likeness (QED) is 0.609. The second kappa shape index (κ2) is 7.35.